The third kappa shape index (κ3) is 5.93. The summed E-state index contributed by atoms with van der Waals surface area (Å²) < 4.78 is 5.54. The average Bonchev–Trinajstić information content (AvgIpc) is 2.53. The van der Waals surface area contributed by atoms with E-state index in [0.717, 1.165) is 32.4 Å². The Morgan fingerprint density at radius 2 is 1.74 bits per heavy atom. The van der Waals surface area contributed by atoms with Crippen molar-refractivity contribution in [2.45, 2.75) is 46.5 Å². The topological polar surface area (TPSA) is 72.6 Å². The van der Waals surface area contributed by atoms with Gasteiger partial charge in [-0.05, 0) is 37.5 Å². The van der Waals surface area contributed by atoms with E-state index in [4.69, 9.17) is 10.5 Å². The van der Waals surface area contributed by atoms with E-state index in [1.807, 2.05) is 20.8 Å². The zero-order chi connectivity index (χ0) is 17.2. The van der Waals surface area contributed by atoms with Gasteiger partial charge in [-0.3, -0.25) is 9.59 Å². The molecule has 0 spiro atoms. The Hall–Kier alpha value is -2.04. The molecule has 0 bridgehead atoms. The molecule has 0 radical (unpaired) electrons. The van der Waals surface area contributed by atoms with Crippen molar-refractivity contribution in [1.29, 1.82) is 0 Å². The second kappa shape index (κ2) is 9.87. The van der Waals surface area contributed by atoms with Gasteiger partial charge in [0.1, 0.15) is 5.75 Å². The summed E-state index contributed by atoms with van der Waals surface area (Å²) in [5.74, 6) is 0.470. The molecule has 0 aromatic heterocycles. The Balaban J connectivity index is 2.67. The highest BCUT2D eigenvalue weighted by Gasteiger charge is 2.14. The molecule has 1 aromatic rings. The third-order valence-corrected chi connectivity index (χ3v) is 3.50. The minimum absolute atomic E-state index is 0.0353. The van der Waals surface area contributed by atoms with Gasteiger partial charge in [0.2, 0.25) is 0 Å². The molecule has 1 rings (SSSR count). The van der Waals surface area contributed by atoms with E-state index in [1.165, 1.54) is 0 Å². The molecule has 0 saturated carbocycles. The lowest BCUT2D eigenvalue weighted by Gasteiger charge is -2.21. The van der Waals surface area contributed by atoms with Crippen molar-refractivity contribution in [3.63, 3.8) is 0 Å². The van der Waals surface area contributed by atoms with E-state index in [-0.39, 0.29) is 18.3 Å². The molecule has 128 valence electrons. The van der Waals surface area contributed by atoms with Gasteiger partial charge >= 0.3 is 0 Å². The van der Waals surface area contributed by atoms with Crippen molar-refractivity contribution in [3.05, 3.63) is 23.8 Å². The molecule has 0 saturated heterocycles. The number of ketones is 1. The zero-order valence-corrected chi connectivity index (χ0v) is 14.4. The number of hydrogen-bond acceptors (Lipinski definition) is 4. The summed E-state index contributed by atoms with van der Waals surface area (Å²) in [6.45, 7) is 7.47. The maximum absolute atomic E-state index is 12.2. The van der Waals surface area contributed by atoms with Crippen LogP contribution in [0.3, 0.4) is 0 Å². The van der Waals surface area contributed by atoms with Crippen LogP contribution in [0.25, 0.3) is 0 Å². The number of hydrogen-bond donors (Lipinski definition) is 1. The lowest BCUT2D eigenvalue weighted by molar-refractivity contribution is -0.133. The summed E-state index contributed by atoms with van der Waals surface area (Å²) in [5.41, 5.74) is 6.90. The van der Waals surface area contributed by atoms with Crippen LogP contribution >= 0.6 is 0 Å². The van der Waals surface area contributed by atoms with Crippen molar-refractivity contribution in [2.75, 3.05) is 25.4 Å². The molecule has 0 aliphatic heterocycles. The van der Waals surface area contributed by atoms with Gasteiger partial charge < -0.3 is 15.4 Å². The monoisotopic (exact) mass is 320 g/mol. The van der Waals surface area contributed by atoms with E-state index in [9.17, 15) is 9.59 Å². The van der Waals surface area contributed by atoms with Crippen molar-refractivity contribution in [2.24, 2.45) is 0 Å². The first-order valence-electron chi connectivity index (χ1n) is 8.36. The van der Waals surface area contributed by atoms with Crippen LogP contribution in [0.2, 0.25) is 0 Å². The van der Waals surface area contributed by atoms with Crippen LogP contribution in [0.5, 0.6) is 5.75 Å². The number of ether oxygens (including phenoxy) is 1. The predicted molar refractivity (Wildman–Crippen MR) is 92.7 cm³/mol. The second-order valence-corrected chi connectivity index (χ2v) is 5.60. The van der Waals surface area contributed by atoms with Gasteiger partial charge in [-0.15, -0.1) is 0 Å². The number of carbonyl (C=O) groups is 2. The van der Waals surface area contributed by atoms with Crippen molar-refractivity contribution < 1.29 is 14.3 Å². The molecule has 0 aliphatic carbocycles. The number of benzene rings is 1. The fourth-order valence-corrected chi connectivity index (χ4v) is 2.36. The number of anilines is 1. The molecule has 2 N–H and O–H groups in total. The molecule has 1 amide bonds. The number of nitrogens with two attached hydrogens (primary N) is 1. The molecule has 1 aromatic carbocycles. The van der Waals surface area contributed by atoms with Crippen LogP contribution in [0.1, 0.15) is 56.8 Å². The molecule has 5 nitrogen and oxygen atoms in total. The van der Waals surface area contributed by atoms with Gasteiger partial charge in [-0.25, -0.2) is 0 Å². The number of nitrogen functional groups attached to an aromatic ring is 1. The molecule has 0 fully saturated rings. The first-order chi connectivity index (χ1) is 11.0. The maximum Gasteiger partial charge on any atom is 0.260 e. The number of Topliss-reactive ketones (excluding diaryl/α,β-unsaturated/α-hetero) is 1. The molecule has 23 heavy (non-hydrogen) atoms. The molecular weight excluding hydrogens is 292 g/mol. The maximum atomic E-state index is 12.2. The smallest absolute Gasteiger partial charge is 0.260 e. The summed E-state index contributed by atoms with van der Waals surface area (Å²) in [7, 11) is 0. The SMILES string of the molecule is CCCC(=O)c1ccc(OCC(=O)N(CCC)CCC)c(N)c1. The minimum Gasteiger partial charge on any atom is -0.482 e. The van der Waals surface area contributed by atoms with Crippen molar-refractivity contribution in [3.8, 4) is 5.75 Å². The van der Waals surface area contributed by atoms with Gasteiger partial charge in [0.05, 0.1) is 5.69 Å². The van der Waals surface area contributed by atoms with Crippen LogP contribution in [-0.4, -0.2) is 36.3 Å². The Morgan fingerprint density at radius 3 is 2.26 bits per heavy atom. The van der Waals surface area contributed by atoms with Crippen LogP contribution < -0.4 is 10.5 Å². The average molecular weight is 320 g/mol. The van der Waals surface area contributed by atoms with Crippen molar-refractivity contribution in [1.82, 2.24) is 4.90 Å². The van der Waals surface area contributed by atoms with Crippen LogP contribution in [0.15, 0.2) is 18.2 Å². The second-order valence-electron chi connectivity index (χ2n) is 5.60. The van der Waals surface area contributed by atoms with Crippen molar-refractivity contribution >= 4 is 17.4 Å². The summed E-state index contributed by atoms with van der Waals surface area (Å²) in [6, 6.07) is 4.98. The number of nitrogens with zero attached hydrogens (tertiary/aromatic N) is 1. The van der Waals surface area contributed by atoms with E-state index in [0.29, 0.717) is 23.4 Å². The lowest BCUT2D eigenvalue weighted by Crippen LogP contribution is -2.36. The quantitative estimate of drug-likeness (QED) is 0.530. The molecular formula is C18H28N2O3. The summed E-state index contributed by atoms with van der Waals surface area (Å²) in [4.78, 5) is 25.8. The van der Waals surface area contributed by atoms with Crippen LogP contribution in [0, 0.1) is 0 Å². The highest BCUT2D eigenvalue weighted by atomic mass is 16.5. The highest BCUT2D eigenvalue weighted by molar-refractivity contribution is 5.97. The Bertz CT molecular complexity index is 523. The summed E-state index contributed by atoms with van der Waals surface area (Å²) in [5, 5.41) is 0. The predicted octanol–water partition coefficient (Wildman–Crippen LogP) is 3.28. The van der Waals surface area contributed by atoms with E-state index < -0.39 is 0 Å². The fourth-order valence-electron chi connectivity index (χ4n) is 2.36. The normalized spacial score (nSPS) is 10.4. The van der Waals surface area contributed by atoms with Gasteiger partial charge in [0, 0.05) is 25.1 Å². The van der Waals surface area contributed by atoms with Crippen LogP contribution in [0.4, 0.5) is 5.69 Å². The number of rotatable bonds is 10. The number of carbonyl (C=O) groups excluding carboxylic acids is 2. The first-order valence-corrected chi connectivity index (χ1v) is 8.36. The molecule has 0 heterocycles. The summed E-state index contributed by atoms with van der Waals surface area (Å²) >= 11 is 0. The fraction of sp³-hybridized carbons (Fsp3) is 0.556. The molecule has 5 heteroatoms. The Morgan fingerprint density at radius 1 is 1.09 bits per heavy atom. The lowest BCUT2D eigenvalue weighted by atomic mass is 10.1. The summed E-state index contributed by atoms with van der Waals surface area (Å²) in [6.07, 6.45) is 3.14. The third-order valence-electron chi connectivity index (χ3n) is 3.50. The minimum atomic E-state index is -0.0424. The van der Waals surface area contributed by atoms with Crippen LogP contribution in [-0.2, 0) is 4.79 Å². The van der Waals surface area contributed by atoms with Gasteiger partial charge in [0.25, 0.3) is 5.91 Å². The van der Waals surface area contributed by atoms with E-state index in [2.05, 4.69) is 0 Å². The Kier molecular flexibility index (Phi) is 8.16. The number of amides is 1. The molecule has 0 atom stereocenters. The zero-order valence-electron chi connectivity index (χ0n) is 14.4. The van der Waals surface area contributed by atoms with Gasteiger partial charge in [-0.2, -0.15) is 0 Å². The first kappa shape index (κ1) is 19.0. The standard InChI is InChI=1S/C18H28N2O3/c1-4-7-16(21)14-8-9-17(15(19)12-14)23-13-18(22)20(10-5-2)11-6-3/h8-9,12H,4-7,10-11,13,19H2,1-3H3. The molecule has 0 aliphatic rings. The van der Waals surface area contributed by atoms with Gasteiger partial charge in [-0.1, -0.05) is 20.8 Å². The largest absolute Gasteiger partial charge is 0.482 e. The van der Waals surface area contributed by atoms with Gasteiger partial charge in [0.15, 0.2) is 12.4 Å². The molecule has 0 unspecified atom stereocenters. The highest BCUT2D eigenvalue weighted by Crippen LogP contribution is 2.23. The van der Waals surface area contributed by atoms with E-state index in [1.54, 1.807) is 23.1 Å². The van der Waals surface area contributed by atoms with E-state index >= 15 is 0 Å². The Labute approximate surface area is 138 Å².